The van der Waals surface area contributed by atoms with Crippen molar-refractivity contribution in [3.05, 3.63) is 23.8 Å². The highest BCUT2D eigenvalue weighted by molar-refractivity contribution is 5.98. The van der Waals surface area contributed by atoms with E-state index in [1.165, 1.54) is 6.42 Å². The van der Waals surface area contributed by atoms with Gasteiger partial charge in [-0.05, 0) is 45.7 Å². The van der Waals surface area contributed by atoms with Crippen LogP contribution in [0.5, 0.6) is 5.75 Å². The van der Waals surface area contributed by atoms with Crippen LogP contribution in [0.3, 0.4) is 0 Å². The molecule has 2 rings (SSSR count). The van der Waals surface area contributed by atoms with Gasteiger partial charge in [-0.25, -0.2) is 5.01 Å². The number of nitrogens with one attached hydrogen (secondary N) is 1. The lowest BCUT2D eigenvalue weighted by Gasteiger charge is -2.38. The third kappa shape index (κ3) is 3.47. The van der Waals surface area contributed by atoms with Crippen LogP contribution in [-0.4, -0.2) is 29.6 Å². The van der Waals surface area contributed by atoms with Gasteiger partial charge in [0.1, 0.15) is 0 Å². The first-order valence-corrected chi connectivity index (χ1v) is 7.65. The first-order chi connectivity index (χ1) is 10.0. The van der Waals surface area contributed by atoms with Crippen LogP contribution in [0.25, 0.3) is 0 Å². The molecule has 1 saturated heterocycles. The molecule has 1 heterocycles. The monoisotopic (exact) mass is 291 g/mol. The SMILES string of the molecule is CCOc1c(N)cccc1C(=O)NN1C(C)CCCC1C. The van der Waals surface area contributed by atoms with E-state index in [9.17, 15) is 4.79 Å². The fraction of sp³-hybridized carbons (Fsp3) is 0.562. The van der Waals surface area contributed by atoms with E-state index in [0.717, 1.165) is 12.8 Å². The van der Waals surface area contributed by atoms with E-state index < -0.39 is 0 Å². The maximum absolute atomic E-state index is 12.6. The molecule has 0 spiro atoms. The molecule has 0 radical (unpaired) electrons. The Morgan fingerprint density at radius 3 is 2.67 bits per heavy atom. The van der Waals surface area contributed by atoms with Gasteiger partial charge in [0.2, 0.25) is 0 Å². The summed E-state index contributed by atoms with van der Waals surface area (Å²) in [6.07, 6.45) is 3.40. The van der Waals surface area contributed by atoms with Crippen molar-refractivity contribution in [2.75, 3.05) is 12.3 Å². The van der Waals surface area contributed by atoms with E-state index in [2.05, 4.69) is 19.3 Å². The largest absolute Gasteiger partial charge is 0.491 e. The highest BCUT2D eigenvalue weighted by Gasteiger charge is 2.27. The molecule has 5 heteroatoms. The molecule has 1 aliphatic rings. The van der Waals surface area contributed by atoms with Gasteiger partial charge in [0.05, 0.1) is 17.9 Å². The van der Waals surface area contributed by atoms with Gasteiger partial charge in [-0.3, -0.25) is 10.2 Å². The molecule has 0 bridgehead atoms. The van der Waals surface area contributed by atoms with Crippen molar-refractivity contribution >= 4 is 11.6 Å². The number of rotatable bonds is 4. The minimum absolute atomic E-state index is 0.161. The highest BCUT2D eigenvalue weighted by atomic mass is 16.5. The summed E-state index contributed by atoms with van der Waals surface area (Å²) in [5, 5.41) is 2.05. The summed E-state index contributed by atoms with van der Waals surface area (Å²) < 4.78 is 5.53. The average Bonchev–Trinajstić information content (AvgIpc) is 2.45. The number of anilines is 1. The van der Waals surface area contributed by atoms with Crippen molar-refractivity contribution in [1.29, 1.82) is 0 Å². The Morgan fingerprint density at radius 1 is 1.38 bits per heavy atom. The summed E-state index contributed by atoms with van der Waals surface area (Å²) in [6.45, 7) is 6.63. The van der Waals surface area contributed by atoms with Crippen LogP contribution >= 0.6 is 0 Å². The summed E-state index contributed by atoms with van der Waals surface area (Å²) in [4.78, 5) is 12.6. The third-order valence-electron chi connectivity index (χ3n) is 4.00. The van der Waals surface area contributed by atoms with Crippen LogP contribution in [0.1, 0.15) is 50.4 Å². The average molecular weight is 291 g/mol. The van der Waals surface area contributed by atoms with E-state index in [-0.39, 0.29) is 5.91 Å². The Kier molecular flexibility index (Phi) is 5.07. The molecule has 1 aromatic carbocycles. The second-order valence-corrected chi connectivity index (χ2v) is 5.63. The number of hydrogen-bond donors (Lipinski definition) is 2. The van der Waals surface area contributed by atoms with Gasteiger partial charge in [0.25, 0.3) is 5.91 Å². The molecular formula is C16H25N3O2. The van der Waals surface area contributed by atoms with Crippen molar-refractivity contribution in [2.45, 2.75) is 52.1 Å². The molecule has 3 N–H and O–H groups in total. The zero-order chi connectivity index (χ0) is 15.4. The number of benzene rings is 1. The fourth-order valence-corrected chi connectivity index (χ4v) is 2.86. The molecule has 0 aromatic heterocycles. The van der Waals surface area contributed by atoms with Gasteiger partial charge in [-0.1, -0.05) is 12.5 Å². The summed E-state index contributed by atoms with van der Waals surface area (Å²) in [6, 6.07) is 5.95. The molecule has 1 aliphatic heterocycles. The number of hydrazine groups is 1. The Balaban J connectivity index is 2.18. The van der Waals surface area contributed by atoms with Gasteiger partial charge < -0.3 is 10.5 Å². The third-order valence-corrected chi connectivity index (χ3v) is 4.00. The minimum Gasteiger partial charge on any atom is -0.491 e. The second kappa shape index (κ2) is 6.80. The molecule has 0 aliphatic carbocycles. The Hall–Kier alpha value is -1.75. The quantitative estimate of drug-likeness (QED) is 0.837. The lowest BCUT2D eigenvalue weighted by Crippen LogP contribution is -2.54. The summed E-state index contributed by atoms with van der Waals surface area (Å²) >= 11 is 0. The minimum atomic E-state index is -0.161. The number of nitrogen functional groups attached to an aromatic ring is 1. The first-order valence-electron chi connectivity index (χ1n) is 7.65. The number of ether oxygens (including phenoxy) is 1. The van der Waals surface area contributed by atoms with E-state index in [4.69, 9.17) is 10.5 Å². The number of nitrogens with two attached hydrogens (primary N) is 1. The zero-order valence-electron chi connectivity index (χ0n) is 13.1. The zero-order valence-corrected chi connectivity index (χ0v) is 13.1. The van der Waals surface area contributed by atoms with Gasteiger partial charge in [-0.15, -0.1) is 0 Å². The van der Waals surface area contributed by atoms with Gasteiger partial charge in [-0.2, -0.15) is 0 Å². The Bertz CT molecular complexity index is 494. The topological polar surface area (TPSA) is 67.6 Å². The van der Waals surface area contributed by atoms with E-state index in [0.29, 0.717) is 35.7 Å². The standard InChI is InChI=1S/C16H25N3O2/c1-4-21-15-13(9-6-10-14(15)17)16(20)18-19-11(2)7-5-8-12(19)3/h6,9-12H,4-5,7-8,17H2,1-3H3,(H,18,20). The molecule has 2 atom stereocenters. The Morgan fingerprint density at radius 2 is 2.05 bits per heavy atom. The van der Waals surface area contributed by atoms with Crippen LogP contribution < -0.4 is 15.9 Å². The number of piperidine rings is 1. The molecule has 2 unspecified atom stereocenters. The molecule has 1 fully saturated rings. The summed E-state index contributed by atoms with van der Waals surface area (Å²) in [7, 11) is 0. The van der Waals surface area contributed by atoms with Crippen molar-refractivity contribution in [1.82, 2.24) is 10.4 Å². The summed E-state index contributed by atoms with van der Waals surface area (Å²) in [5.74, 6) is 0.307. The van der Waals surface area contributed by atoms with E-state index in [1.807, 2.05) is 11.9 Å². The summed E-state index contributed by atoms with van der Waals surface area (Å²) in [5.41, 5.74) is 9.91. The molecule has 5 nitrogen and oxygen atoms in total. The molecule has 1 aromatic rings. The lowest BCUT2D eigenvalue weighted by molar-refractivity contribution is 0.0367. The van der Waals surface area contributed by atoms with E-state index in [1.54, 1.807) is 18.2 Å². The smallest absolute Gasteiger partial charge is 0.269 e. The number of amides is 1. The first kappa shape index (κ1) is 15.6. The molecule has 1 amide bonds. The number of hydrogen-bond acceptors (Lipinski definition) is 4. The molecular weight excluding hydrogens is 266 g/mol. The van der Waals surface area contributed by atoms with Crippen LogP contribution in [0.15, 0.2) is 18.2 Å². The van der Waals surface area contributed by atoms with Crippen LogP contribution in [0.2, 0.25) is 0 Å². The maximum Gasteiger partial charge on any atom is 0.269 e. The van der Waals surface area contributed by atoms with Crippen molar-refractivity contribution < 1.29 is 9.53 Å². The molecule has 21 heavy (non-hydrogen) atoms. The number of para-hydroxylation sites is 1. The predicted octanol–water partition coefficient (Wildman–Crippen LogP) is 2.58. The van der Waals surface area contributed by atoms with Gasteiger partial charge >= 0.3 is 0 Å². The number of carbonyl (C=O) groups is 1. The van der Waals surface area contributed by atoms with Gasteiger partial charge in [0.15, 0.2) is 5.75 Å². The van der Waals surface area contributed by atoms with E-state index >= 15 is 0 Å². The van der Waals surface area contributed by atoms with Gasteiger partial charge in [0, 0.05) is 12.1 Å². The lowest BCUT2D eigenvalue weighted by atomic mass is 10.00. The maximum atomic E-state index is 12.6. The van der Waals surface area contributed by atoms with Crippen molar-refractivity contribution in [3.63, 3.8) is 0 Å². The number of carbonyl (C=O) groups excluding carboxylic acids is 1. The molecule has 0 saturated carbocycles. The normalized spacial score (nSPS) is 22.8. The number of nitrogens with zero attached hydrogens (tertiary/aromatic N) is 1. The highest BCUT2D eigenvalue weighted by Crippen LogP contribution is 2.27. The predicted molar refractivity (Wildman–Crippen MR) is 84.1 cm³/mol. The fourth-order valence-electron chi connectivity index (χ4n) is 2.86. The van der Waals surface area contributed by atoms with Crippen molar-refractivity contribution in [3.8, 4) is 5.75 Å². The van der Waals surface area contributed by atoms with Crippen LogP contribution in [-0.2, 0) is 0 Å². The second-order valence-electron chi connectivity index (χ2n) is 5.63. The molecule has 116 valence electrons. The van der Waals surface area contributed by atoms with Crippen molar-refractivity contribution in [2.24, 2.45) is 0 Å². The van der Waals surface area contributed by atoms with Crippen LogP contribution in [0.4, 0.5) is 5.69 Å². The Labute approximate surface area is 126 Å². The van der Waals surface area contributed by atoms with Crippen LogP contribution in [0, 0.1) is 0 Å².